The van der Waals surface area contributed by atoms with Crippen LogP contribution in [-0.2, 0) is 12.4 Å². The summed E-state index contributed by atoms with van der Waals surface area (Å²) in [6.07, 6.45) is -9.24. The Morgan fingerprint density at radius 3 is 2.18 bits per heavy atom. The molecule has 2 rings (SSSR count). The largest absolute Gasteiger partial charge is 0.417 e. The fourth-order valence-corrected chi connectivity index (χ4v) is 2.39. The number of hydrogen-bond donors (Lipinski definition) is 1. The second kappa shape index (κ2) is 7.46. The van der Waals surface area contributed by atoms with Crippen molar-refractivity contribution in [3.63, 3.8) is 0 Å². The molecule has 5 nitrogen and oxygen atoms in total. The number of nitrogens with one attached hydrogen (secondary N) is 1. The predicted octanol–water partition coefficient (Wildman–Crippen LogP) is 4.06. The molecule has 2 heterocycles. The molecule has 0 saturated carbocycles. The van der Waals surface area contributed by atoms with Crippen LogP contribution in [0.1, 0.15) is 35.5 Å². The van der Waals surface area contributed by atoms with Crippen molar-refractivity contribution in [1.29, 1.82) is 0 Å². The third-order valence-corrected chi connectivity index (χ3v) is 3.66. The van der Waals surface area contributed by atoms with Crippen LogP contribution in [0.3, 0.4) is 0 Å². The number of halogens is 7. The summed E-state index contributed by atoms with van der Waals surface area (Å²) >= 11 is 5.54. The van der Waals surface area contributed by atoms with E-state index >= 15 is 0 Å². The molecule has 1 N–H and O–H groups in total. The fourth-order valence-electron chi connectivity index (χ4n) is 2.18. The minimum absolute atomic E-state index is 0.225. The number of amides is 1. The van der Waals surface area contributed by atoms with E-state index in [0.29, 0.717) is 18.3 Å². The Balaban J connectivity index is 2.83. The molecule has 0 unspecified atom stereocenters. The topological polar surface area (TPSA) is 64.0 Å². The van der Waals surface area contributed by atoms with Crippen LogP contribution < -0.4 is 10.9 Å². The molecule has 1 amide bonds. The van der Waals surface area contributed by atoms with Gasteiger partial charge in [-0.3, -0.25) is 14.2 Å². The molecule has 0 aliphatic rings. The van der Waals surface area contributed by atoms with Crippen LogP contribution in [0.15, 0.2) is 29.3 Å². The van der Waals surface area contributed by atoms with E-state index in [-0.39, 0.29) is 10.8 Å². The monoisotopic (exact) mass is 427 g/mol. The van der Waals surface area contributed by atoms with Gasteiger partial charge in [-0.2, -0.15) is 26.3 Å². The highest BCUT2D eigenvalue weighted by Gasteiger charge is 2.35. The number of aromatic nitrogens is 2. The summed E-state index contributed by atoms with van der Waals surface area (Å²) in [5.74, 6) is -0.973. The normalized spacial score (nSPS) is 12.4. The van der Waals surface area contributed by atoms with Crippen LogP contribution in [0.25, 0.3) is 5.69 Å². The first kappa shape index (κ1) is 21.7. The Morgan fingerprint density at radius 1 is 1.11 bits per heavy atom. The molecular formula is C16H12ClF6N3O2. The van der Waals surface area contributed by atoms with Crippen molar-refractivity contribution in [2.24, 2.45) is 0 Å². The van der Waals surface area contributed by atoms with Crippen LogP contribution in [-0.4, -0.2) is 21.5 Å². The Morgan fingerprint density at radius 2 is 1.68 bits per heavy atom. The molecule has 0 aromatic carbocycles. The average Bonchev–Trinajstić information content (AvgIpc) is 2.54. The van der Waals surface area contributed by atoms with Gasteiger partial charge in [-0.15, -0.1) is 0 Å². The molecule has 2 aromatic heterocycles. The lowest BCUT2D eigenvalue weighted by Gasteiger charge is -2.17. The molecule has 28 heavy (non-hydrogen) atoms. The van der Waals surface area contributed by atoms with E-state index in [1.165, 1.54) is 0 Å². The van der Waals surface area contributed by atoms with Crippen LogP contribution in [0.2, 0.25) is 5.02 Å². The highest BCUT2D eigenvalue weighted by molar-refractivity contribution is 6.30. The molecule has 152 valence electrons. The first-order valence-electron chi connectivity index (χ1n) is 7.59. The molecule has 0 radical (unpaired) electrons. The molecule has 0 aliphatic heterocycles. The summed E-state index contributed by atoms with van der Waals surface area (Å²) in [5, 5.41) is 1.47. The Bertz CT molecular complexity index is 966. The maximum atomic E-state index is 13.0. The van der Waals surface area contributed by atoms with Crippen LogP contribution in [0.5, 0.6) is 0 Å². The van der Waals surface area contributed by atoms with Gasteiger partial charge in [0.15, 0.2) is 5.69 Å². The standard InChI is InChI=1S/C16H12ClF6N3O2/c1-7(2)25-13(27)12-11(4-8(5-24-12)15(18,19)20)26-6-9(16(21,22)23)3-10(17)14(26)28/h3-7H,1-2H3,(H,25,27). The van der Waals surface area contributed by atoms with Gasteiger partial charge in [-0.05, 0) is 26.0 Å². The lowest BCUT2D eigenvalue weighted by Crippen LogP contribution is -2.33. The van der Waals surface area contributed by atoms with Crippen LogP contribution >= 0.6 is 11.6 Å². The number of nitrogens with zero attached hydrogens (tertiary/aromatic N) is 2. The lowest BCUT2D eigenvalue weighted by atomic mass is 10.1. The summed E-state index contributed by atoms with van der Waals surface area (Å²) in [5.41, 5.74) is -5.44. The summed E-state index contributed by atoms with van der Waals surface area (Å²) in [7, 11) is 0. The molecule has 0 bridgehead atoms. The third kappa shape index (κ3) is 4.64. The molecule has 0 fully saturated rings. The van der Waals surface area contributed by atoms with Gasteiger partial charge in [0.2, 0.25) is 0 Å². The number of hydrogen-bond acceptors (Lipinski definition) is 3. The third-order valence-electron chi connectivity index (χ3n) is 3.39. The first-order valence-corrected chi connectivity index (χ1v) is 7.97. The van der Waals surface area contributed by atoms with E-state index in [0.717, 1.165) is 0 Å². The van der Waals surface area contributed by atoms with Crippen LogP contribution in [0, 0.1) is 0 Å². The van der Waals surface area contributed by atoms with Crippen molar-refractivity contribution in [2.75, 3.05) is 0 Å². The number of carbonyl (C=O) groups excluding carboxylic acids is 1. The maximum absolute atomic E-state index is 13.0. The zero-order valence-electron chi connectivity index (χ0n) is 14.2. The highest BCUT2D eigenvalue weighted by atomic mass is 35.5. The minimum atomic E-state index is -4.94. The number of pyridine rings is 2. The lowest BCUT2D eigenvalue weighted by molar-refractivity contribution is -0.138. The smallest absolute Gasteiger partial charge is 0.348 e. The number of carbonyl (C=O) groups is 1. The summed E-state index contributed by atoms with van der Waals surface area (Å²) in [6.45, 7) is 3.10. The van der Waals surface area contributed by atoms with Crippen LogP contribution in [0.4, 0.5) is 26.3 Å². The molecule has 0 saturated heterocycles. The molecule has 0 atom stereocenters. The zero-order chi connectivity index (χ0) is 21.4. The summed E-state index contributed by atoms with van der Waals surface area (Å²) < 4.78 is 78.5. The summed E-state index contributed by atoms with van der Waals surface area (Å²) in [4.78, 5) is 27.9. The van der Waals surface area contributed by atoms with Gasteiger partial charge in [0.05, 0.1) is 16.8 Å². The van der Waals surface area contributed by atoms with E-state index in [1.807, 2.05) is 0 Å². The van der Waals surface area contributed by atoms with Gasteiger partial charge in [0.1, 0.15) is 5.02 Å². The quantitative estimate of drug-likeness (QED) is 0.751. The maximum Gasteiger partial charge on any atom is 0.417 e. The first-order chi connectivity index (χ1) is 12.7. The van der Waals surface area contributed by atoms with Gasteiger partial charge in [-0.25, -0.2) is 4.98 Å². The van der Waals surface area contributed by atoms with Gasteiger partial charge < -0.3 is 5.32 Å². The van der Waals surface area contributed by atoms with E-state index in [2.05, 4.69) is 10.3 Å². The van der Waals surface area contributed by atoms with Crippen molar-refractivity contribution in [1.82, 2.24) is 14.9 Å². The Labute approximate surface area is 158 Å². The van der Waals surface area contributed by atoms with E-state index in [9.17, 15) is 35.9 Å². The zero-order valence-corrected chi connectivity index (χ0v) is 15.0. The number of alkyl halides is 6. The Hall–Kier alpha value is -2.56. The fraction of sp³-hybridized carbons (Fsp3) is 0.312. The van der Waals surface area contributed by atoms with Gasteiger partial charge in [-0.1, -0.05) is 11.6 Å². The molecule has 2 aromatic rings. The minimum Gasteiger partial charge on any atom is -0.348 e. The van der Waals surface area contributed by atoms with Crippen molar-refractivity contribution < 1.29 is 31.1 Å². The molecule has 12 heteroatoms. The van der Waals surface area contributed by atoms with Gasteiger partial charge in [0, 0.05) is 18.4 Å². The summed E-state index contributed by atoms with van der Waals surface area (Å²) in [6, 6.07) is 0.251. The van der Waals surface area contributed by atoms with E-state index < -0.39 is 57.4 Å². The van der Waals surface area contributed by atoms with Crippen molar-refractivity contribution in [3.05, 3.63) is 56.7 Å². The number of rotatable bonds is 3. The van der Waals surface area contributed by atoms with E-state index in [4.69, 9.17) is 11.6 Å². The van der Waals surface area contributed by atoms with Gasteiger partial charge >= 0.3 is 12.4 Å². The van der Waals surface area contributed by atoms with Crippen molar-refractivity contribution in [2.45, 2.75) is 32.2 Å². The molecular weight excluding hydrogens is 416 g/mol. The van der Waals surface area contributed by atoms with Crippen molar-refractivity contribution >= 4 is 17.5 Å². The SMILES string of the molecule is CC(C)NC(=O)c1ncc(C(F)(F)F)cc1-n1cc(C(F)(F)F)cc(Cl)c1=O. The predicted molar refractivity (Wildman–Crippen MR) is 87.5 cm³/mol. The second-order valence-corrected chi connectivity index (χ2v) is 6.37. The second-order valence-electron chi connectivity index (χ2n) is 5.97. The van der Waals surface area contributed by atoms with E-state index in [1.54, 1.807) is 13.8 Å². The molecule has 0 aliphatic carbocycles. The highest BCUT2D eigenvalue weighted by Crippen LogP contribution is 2.33. The van der Waals surface area contributed by atoms with Gasteiger partial charge in [0.25, 0.3) is 11.5 Å². The average molecular weight is 428 g/mol. The molecule has 0 spiro atoms. The Kier molecular flexibility index (Phi) is 5.79. The van der Waals surface area contributed by atoms with Crippen molar-refractivity contribution in [3.8, 4) is 5.69 Å².